The van der Waals surface area contributed by atoms with E-state index in [2.05, 4.69) is 35.6 Å². The molecule has 0 aliphatic carbocycles. The van der Waals surface area contributed by atoms with E-state index < -0.39 is 0 Å². The van der Waals surface area contributed by atoms with Crippen LogP contribution in [0.5, 0.6) is 5.75 Å². The van der Waals surface area contributed by atoms with Crippen molar-refractivity contribution < 1.29 is 14.2 Å². The van der Waals surface area contributed by atoms with Crippen molar-refractivity contribution in [2.24, 2.45) is 0 Å². The lowest BCUT2D eigenvalue weighted by atomic mass is 10.1. The second-order valence-corrected chi connectivity index (χ2v) is 5.23. The SMILES string of the molecule is COc1ccccc1CNCc1ccc(C2OCCO2)cc1. The van der Waals surface area contributed by atoms with Crippen LogP contribution in [0.4, 0.5) is 0 Å². The van der Waals surface area contributed by atoms with Gasteiger partial charge >= 0.3 is 0 Å². The first-order chi connectivity index (χ1) is 10.9. The average molecular weight is 299 g/mol. The Morgan fingerprint density at radius 2 is 1.73 bits per heavy atom. The van der Waals surface area contributed by atoms with Gasteiger partial charge in [-0.25, -0.2) is 0 Å². The first kappa shape index (κ1) is 15.0. The maximum atomic E-state index is 5.49. The van der Waals surface area contributed by atoms with E-state index in [1.54, 1.807) is 7.11 Å². The zero-order valence-electron chi connectivity index (χ0n) is 12.7. The van der Waals surface area contributed by atoms with Gasteiger partial charge in [0, 0.05) is 24.2 Å². The first-order valence-electron chi connectivity index (χ1n) is 7.51. The number of hydrogen-bond acceptors (Lipinski definition) is 4. The summed E-state index contributed by atoms with van der Waals surface area (Å²) in [6, 6.07) is 16.4. The van der Waals surface area contributed by atoms with Gasteiger partial charge in [0.15, 0.2) is 6.29 Å². The summed E-state index contributed by atoms with van der Waals surface area (Å²) in [5.74, 6) is 0.917. The minimum Gasteiger partial charge on any atom is -0.496 e. The highest BCUT2D eigenvalue weighted by Crippen LogP contribution is 2.23. The van der Waals surface area contributed by atoms with Gasteiger partial charge in [0.25, 0.3) is 0 Å². The molecule has 1 aliphatic rings. The van der Waals surface area contributed by atoms with Crippen LogP contribution in [0.15, 0.2) is 48.5 Å². The van der Waals surface area contributed by atoms with E-state index in [1.807, 2.05) is 18.2 Å². The molecule has 0 amide bonds. The molecular formula is C18H21NO3. The molecule has 2 aromatic rings. The van der Waals surface area contributed by atoms with E-state index in [0.717, 1.165) is 30.0 Å². The van der Waals surface area contributed by atoms with E-state index in [-0.39, 0.29) is 6.29 Å². The summed E-state index contributed by atoms with van der Waals surface area (Å²) in [4.78, 5) is 0. The van der Waals surface area contributed by atoms with Gasteiger partial charge in [-0.2, -0.15) is 0 Å². The largest absolute Gasteiger partial charge is 0.496 e. The predicted molar refractivity (Wildman–Crippen MR) is 84.6 cm³/mol. The van der Waals surface area contributed by atoms with E-state index in [4.69, 9.17) is 14.2 Å². The van der Waals surface area contributed by atoms with Crippen molar-refractivity contribution in [1.82, 2.24) is 5.32 Å². The topological polar surface area (TPSA) is 39.7 Å². The van der Waals surface area contributed by atoms with Gasteiger partial charge in [-0.05, 0) is 11.6 Å². The minimum atomic E-state index is -0.199. The Balaban J connectivity index is 1.53. The minimum absolute atomic E-state index is 0.199. The highest BCUT2D eigenvalue weighted by atomic mass is 16.7. The smallest absolute Gasteiger partial charge is 0.184 e. The molecule has 0 aromatic heterocycles. The van der Waals surface area contributed by atoms with Crippen LogP contribution in [0, 0.1) is 0 Å². The number of benzene rings is 2. The molecule has 1 saturated heterocycles. The molecule has 4 nitrogen and oxygen atoms in total. The van der Waals surface area contributed by atoms with Crippen LogP contribution < -0.4 is 10.1 Å². The normalized spacial score (nSPS) is 15.1. The van der Waals surface area contributed by atoms with E-state index in [0.29, 0.717) is 13.2 Å². The summed E-state index contributed by atoms with van der Waals surface area (Å²) in [5.41, 5.74) is 3.47. The Bertz CT molecular complexity index is 592. The number of methoxy groups -OCH3 is 1. The molecule has 0 atom stereocenters. The number of para-hydroxylation sites is 1. The Hall–Kier alpha value is -1.88. The van der Waals surface area contributed by atoms with Crippen molar-refractivity contribution in [1.29, 1.82) is 0 Å². The number of rotatable bonds is 6. The van der Waals surface area contributed by atoms with Crippen LogP contribution in [-0.2, 0) is 22.6 Å². The molecule has 2 aromatic carbocycles. The third-order valence-corrected chi connectivity index (χ3v) is 3.71. The fourth-order valence-electron chi connectivity index (χ4n) is 2.53. The Labute approximate surface area is 131 Å². The molecule has 0 unspecified atom stereocenters. The predicted octanol–water partition coefficient (Wildman–Crippen LogP) is 3.03. The van der Waals surface area contributed by atoms with Crippen molar-refractivity contribution in [2.45, 2.75) is 19.4 Å². The average Bonchev–Trinajstić information content (AvgIpc) is 3.10. The molecule has 1 N–H and O–H groups in total. The first-order valence-corrected chi connectivity index (χ1v) is 7.51. The second-order valence-electron chi connectivity index (χ2n) is 5.23. The van der Waals surface area contributed by atoms with Crippen LogP contribution in [0.3, 0.4) is 0 Å². The molecule has 1 fully saturated rings. The maximum Gasteiger partial charge on any atom is 0.184 e. The molecule has 116 valence electrons. The van der Waals surface area contributed by atoms with Crippen LogP contribution in [0.2, 0.25) is 0 Å². The molecule has 3 rings (SSSR count). The molecule has 0 radical (unpaired) electrons. The lowest BCUT2D eigenvalue weighted by molar-refractivity contribution is -0.0441. The number of ether oxygens (including phenoxy) is 3. The summed E-state index contributed by atoms with van der Waals surface area (Å²) >= 11 is 0. The Morgan fingerprint density at radius 1 is 1.00 bits per heavy atom. The lowest BCUT2D eigenvalue weighted by Crippen LogP contribution is -2.13. The van der Waals surface area contributed by atoms with Crippen LogP contribution in [0.1, 0.15) is 23.0 Å². The van der Waals surface area contributed by atoms with Gasteiger partial charge in [0.05, 0.1) is 20.3 Å². The molecular weight excluding hydrogens is 278 g/mol. The van der Waals surface area contributed by atoms with Crippen LogP contribution in [-0.4, -0.2) is 20.3 Å². The van der Waals surface area contributed by atoms with Crippen molar-refractivity contribution >= 4 is 0 Å². The standard InChI is InChI=1S/C18H21NO3/c1-20-17-5-3-2-4-16(17)13-19-12-14-6-8-15(9-7-14)18-21-10-11-22-18/h2-9,18-19H,10-13H2,1H3. The van der Waals surface area contributed by atoms with Gasteiger partial charge in [-0.15, -0.1) is 0 Å². The highest BCUT2D eigenvalue weighted by molar-refractivity contribution is 5.33. The zero-order chi connectivity index (χ0) is 15.2. The van der Waals surface area contributed by atoms with Gasteiger partial charge in [0.1, 0.15) is 5.75 Å². The summed E-state index contributed by atoms with van der Waals surface area (Å²) in [6.07, 6.45) is -0.199. The maximum absolute atomic E-state index is 5.49. The molecule has 0 saturated carbocycles. The highest BCUT2D eigenvalue weighted by Gasteiger charge is 2.17. The third-order valence-electron chi connectivity index (χ3n) is 3.71. The van der Waals surface area contributed by atoms with Gasteiger partial charge < -0.3 is 19.5 Å². The lowest BCUT2D eigenvalue weighted by Gasteiger charge is -2.11. The van der Waals surface area contributed by atoms with Crippen molar-refractivity contribution in [3.8, 4) is 5.75 Å². The summed E-state index contributed by atoms with van der Waals surface area (Å²) in [7, 11) is 1.70. The fourth-order valence-corrected chi connectivity index (χ4v) is 2.53. The van der Waals surface area contributed by atoms with Crippen molar-refractivity contribution in [3.05, 3.63) is 65.2 Å². The number of nitrogens with one attached hydrogen (secondary N) is 1. The van der Waals surface area contributed by atoms with Crippen LogP contribution in [0.25, 0.3) is 0 Å². The Kier molecular flexibility index (Phi) is 5.06. The van der Waals surface area contributed by atoms with E-state index >= 15 is 0 Å². The summed E-state index contributed by atoms with van der Waals surface area (Å²) in [6.45, 7) is 2.94. The molecule has 4 heteroatoms. The second kappa shape index (κ2) is 7.40. The third kappa shape index (κ3) is 3.65. The molecule has 0 spiro atoms. The molecule has 22 heavy (non-hydrogen) atoms. The molecule has 1 aliphatic heterocycles. The Morgan fingerprint density at radius 3 is 2.45 bits per heavy atom. The van der Waals surface area contributed by atoms with Gasteiger partial charge in [-0.3, -0.25) is 0 Å². The van der Waals surface area contributed by atoms with Crippen molar-refractivity contribution in [2.75, 3.05) is 20.3 Å². The molecule has 1 heterocycles. The quantitative estimate of drug-likeness (QED) is 0.890. The van der Waals surface area contributed by atoms with Crippen molar-refractivity contribution in [3.63, 3.8) is 0 Å². The van der Waals surface area contributed by atoms with E-state index in [1.165, 1.54) is 5.56 Å². The monoisotopic (exact) mass is 299 g/mol. The zero-order valence-corrected chi connectivity index (χ0v) is 12.7. The number of hydrogen-bond donors (Lipinski definition) is 1. The van der Waals surface area contributed by atoms with E-state index in [9.17, 15) is 0 Å². The molecule has 0 bridgehead atoms. The van der Waals surface area contributed by atoms with Crippen LogP contribution >= 0.6 is 0 Å². The summed E-state index contributed by atoms with van der Waals surface area (Å²) < 4.78 is 16.3. The van der Waals surface area contributed by atoms with Gasteiger partial charge in [0.2, 0.25) is 0 Å². The fraction of sp³-hybridized carbons (Fsp3) is 0.333. The summed E-state index contributed by atoms with van der Waals surface area (Å²) in [5, 5.41) is 3.44. The van der Waals surface area contributed by atoms with Gasteiger partial charge in [-0.1, -0.05) is 42.5 Å².